The Labute approximate surface area is 108 Å². The van der Waals surface area contributed by atoms with Crippen molar-refractivity contribution in [2.75, 3.05) is 18.5 Å². The number of nitrogens with two attached hydrogens (primary N) is 1. The van der Waals surface area contributed by atoms with Crippen LogP contribution in [0.25, 0.3) is 0 Å². The van der Waals surface area contributed by atoms with Crippen molar-refractivity contribution in [3.63, 3.8) is 0 Å². The first kappa shape index (κ1) is 13.9. The first-order chi connectivity index (χ1) is 7.83. The Kier molecular flexibility index (Phi) is 4.46. The summed E-state index contributed by atoms with van der Waals surface area (Å²) in [7, 11) is 1.93. The molecule has 0 fully saturated rings. The number of hydrogen-bond acceptors (Lipinski definition) is 2. The van der Waals surface area contributed by atoms with Crippen LogP contribution in [0.15, 0.2) is 24.3 Å². The van der Waals surface area contributed by atoms with Crippen molar-refractivity contribution in [1.82, 2.24) is 0 Å². The molecule has 0 amide bonds. The molecule has 0 aliphatic carbocycles. The summed E-state index contributed by atoms with van der Waals surface area (Å²) in [5.41, 5.74) is 6.37. The van der Waals surface area contributed by atoms with E-state index in [4.69, 9.17) is 18.0 Å². The Hall–Kier alpha value is -1.16. The summed E-state index contributed by atoms with van der Waals surface area (Å²) in [5, 5.41) is 0. The van der Waals surface area contributed by atoms with Crippen molar-refractivity contribution in [1.29, 1.82) is 0 Å². The summed E-state index contributed by atoms with van der Waals surface area (Å²) in [4.78, 5) is 2.52. The lowest BCUT2D eigenvalue weighted by molar-refractivity contribution is 0.481. The van der Waals surface area contributed by atoms with Gasteiger partial charge in [0.05, 0.1) is 4.99 Å². The highest BCUT2D eigenvalue weighted by Crippen LogP contribution is 2.22. The minimum atomic E-state index is -0.219. The van der Waals surface area contributed by atoms with Gasteiger partial charge in [0.15, 0.2) is 0 Å². The zero-order chi connectivity index (χ0) is 13.1. The van der Waals surface area contributed by atoms with E-state index < -0.39 is 0 Å². The highest BCUT2D eigenvalue weighted by molar-refractivity contribution is 7.80. The van der Waals surface area contributed by atoms with E-state index in [-0.39, 0.29) is 11.2 Å². The Balaban J connectivity index is 2.62. The molecule has 94 valence electrons. The van der Waals surface area contributed by atoms with Crippen LogP contribution in [0.5, 0.6) is 0 Å². The van der Waals surface area contributed by atoms with Crippen LogP contribution >= 0.6 is 12.2 Å². The van der Waals surface area contributed by atoms with Crippen LogP contribution in [0.2, 0.25) is 0 Å². The monoisotopic (exact) mass is 254 g/mol. The van der Waals surface area contributed by atoms with E-state index in [0.717, 1.165) is 18.7 Å². The minimum Gasteiger partial charge on any atom is -0.393 e. The van der Waals surface area contributed by atoms with Crippen LogP contribution in [-0.4, -0.2) is 18.6 Å². The second-order valence-electron chi connectivity index (χ2n) is 4.90. The molecule has 1 aromatic rings. The summed E-state index contributed by atoms with van der Waals surface area (Å²) in [6.07, 6.45) is 0.843. The number of nitrogens with zero attached hydrogens (tertiary/aromatic N) is 1. The van der Waals surface area contributed by atoms with Crippen LogP contribution in [0.4, 0.5) is 10.1 Å². The van der Waals surface area contributed by atoms with E-state index in [1.807, 2.05) is 31.9 Å². The molecule has 0 atom stereocenters. The number of rotatable bonds is 5. The Morgan fingerprint density at radius 2 is 2.12 bits per heavy atom. The fourth-order valence-corrected chi connectivity index (χ4v) is 1.52. The molecule has 2 N–H and O–H groups in total. The number of halogens is 1. The second kappa shape index (κ2) is 5.45. The third-order valence-corrected chi connectivity index (χ3v) is 3.54. The topological polar surface area (TPSA) is 29.3 Å². The van der Waals surface area contributed by atoms with E-state index in [2.05, 4.69) is 0 Å². The van der Waals surface area contributed by atoms with Crippen molar-refractivity contribution in [2.45, 2.75) is 20.3 Å². The summed E-state index contributed by atoms with van der Waals surface area (Å²) in [6, 6.07) is 6.56. The van der Waals surface area contributed by atoms with Crippen molar-refractivity contribution >= 4 is 22.9 Å². The van der Waals surface area contributed by atoms with Gasteiger partial charge in [-0.15, -0.1) is 0 Å². The second-order valence-corrected chi connectivity index (χ2v) is 5.34. The molecule has 0 saturated heterocycles. The molecule has 0 radical (unpaired) electrons. The van der Waals surface area contributed by atoms with Crippen LogP contribution in [0, 0.1) is 11.2 Å². The van der Waals surface area contributed by atoms with Gasteiger partial charge in [0.1, 0.15) is 5.82 Å². The zero-order valence-corrected chi connectivity index (χ0v) is 11.4. The highest BCUT2D eigenvalue weighted by atomic mass is 32.1. The van der Waals surface area contributed by atoms with Crippen molar-refractivity contribution in [3.8, 4) is 0 Å². The van der Waals surface area contributed by atoms with E-state index in [1.165, 1.54) is 12.1 Å². The SMILES string of the molecule is CN(CCC(C)(C)C(N)=S)c1cccc(F)c1. The summed E-state index contributed by atoms with van der Waals surface area (Å²) in [6.45, 7) is 4.83. The number of hydrogen-bond donors (Lipinski definition) is 1. The maximum Gasteiger partial charge on any atom is 0.125 e. The van der Waals surface area contributed by atoms with Gasteiger partial charge >= 0.3 is 0 Å². The predicted molar refractivity (Wildman–Crippen MR) is 74.9 cm³/mol. The normalized spacial score (nSPS) is 11.3. The van der Waals surface area contributed by atoms with Gasteiger partial charge < -0.3 is 10.6 Å². The smallest absolute Gasteiger partial charge is 0.125 e. The van der Waals surface area contributed by atoms with Gasteiger partial charge in [0.2, 0.25) is 0 Å². The van der Waals surface area contributed by atoms with E-state index >= 15 is 0 Å². The Bertz CT molecular complexity index is 404. The van der Waals surface area contributed by atoms with Crippen LogP contribution in [0.1, 0.15) is 20.3 Å². The van der Waals surface area contributed by atoms with Gasteiger partial charge in [-0.3, -0.25) is 0 Å². The Morgan fingerprint density at radius 1 is 1.47 bits per heavy atom. The molecule has 0 bridgehead atoms. The van der Waals surface area contributed by atoms with Gasteiger partial charge in [-0.2, -0.15) is 0 Å². The van der Waals surface area contributed by atoms with Gasteiger partial charge in [-0.25, -0.2) is 4.39 Å². The Morgan fingerprint density at radius 3 is 2.65 bits per heavy atom. The standard InChI is InChI=1S/C13H19FN2S/c1-13(2,12(15)17)7-8-16(3)11-6-4-5-10(14)9-11/h4-6,9H,7-8H2,1-3H3,(H2,15,17). The summed E-state index contributed by atoms with van der Waals surface area (Å²) >= 11 is 5.02. The molecule has 4 heteroatoms. The molecule has 0 heterocycles. The lowest BCUT2D eigenvalue weighted by Gasteiger charge is -2.27. The fraction of sp³-hybridized carbons (Fsp3) is 0.462. The van der Waals surface area contributed by atoms with Gasteiger partial charge in [0, 0.05) is 24.7 Å². The lowest BCUT2D eigenvalue weighted by Crippen LogP contribution is -2.33. The van der Waals surface area contributed by atoms with E-state index in [1.54, 1.807) is 6.07 Å². The maximum absolute atomic E-state index is 13.1. The number of thiocarbonyl (C=S) groups is 1. The average molecular weight is 254 g/mol. The predicted octanol–water partition coefficient (Wildman–Crippen LogP) is 2.96. The highest BCUT2D eigenvalue weighted by Gasteiger charge is 2.21. The molecule has 0 unspecified atom stereocenters. The van der Waals surface area contributed by atoms with Crippen molar-refractivity contribution < 1.29 is 4.39 Å². The summed E-state index contributed by atoms with van der Waals surface area (Å²) < 4.78 is 13.1. The first-order valence-corrected chi connectivity index (χ1v) is 6.00. The van der Waals surface area contributed by atoms with E-state index in [0.29, 0.717) is 4.99 Å². The molecule has 0 saturated carbocycles. The van der Waals surface area contributed by atoms with Gasteiger partial charge in [-0.1, -0.05) is 32.1 Å². The first-order valence-electron chi connectivity index (χ1n) is 5.59. The molecule has 0 spiro atoms. The van der Waals surface area contributed by atoms with Crippen LogP contribution < -0.4 is 10.6 Å². The maximum atomic E-state index is 13.1. The third kappa shape index (κ3) is 3.97. The molecule has 0 aromatic heterocycles. The van der Waals surface area contributed by atoms with Gasteiger partial charge in [0.25, 0.3) is 0 Å². The molecular weight excluding hydrogens is 235 g/mol. The van der Waals surface area contributed by atoms with Crippen LogP contribution in [-0.2, 0) is 0 Å². The largest absolute Gasteiger partial charge is 0.393 e. The van der Waals surface area contributed by atoms with E-state index in [9.17, 15) is 4.39 Å². The molecule has 17 heavy (non-hydrogen) atoms. The van der Waals surface area contributed by atoms with Gasteiger partial charge in [-0.05, 0) is 24.6 Å². The molecular formula is C13H19FN2S. The lowest BCUT2D eigenvalue weighted by atomic mass is 9.89. The number of benzene rings is 1. The molecule has 1 rings (SSSR count). The third-order valence-electron chi connectivity index (χ3n) is 2.99. The average Bonchev–Trinajstić information content (AvgIpc) is 2.25. The molecule has 1 aromatic carbocycles. The fourth-order valence-electron chi connectivity index (χ4n) is 1.41. The molecule has 0 aliphatic heterocycles. The van der Waals surface area contributed by atoms with Crippen molar-refractivity contribution in [3.05, 3.63) is 30.1 Å². The quantitative estimate of drug-likeness (QED) is 0.819. The van der Waals surface area contributed by atoms with Crippen LogP contribution in [0.3, 0.4) is 0 Å². The molecule has 0 aliphatic rings. The van der Waals surface area contributed by atoms with Crippen molar-refractivity contribution in [2.24, 2.45) is 11.1 Å². The molecule has 2 nitrogen and oxygen atoms in total. The minimum absolute atomic E-state index is 0.170. The zero-order valence-electron chi connectivity index (χ0n) is 10.5. The summed E-state index contributed by atoms with van der Waals surface area (Å²) in [5.74, 6) is -0.219. The number of anilines is 1.